The van der Waals surface area contributed by atoms with Crippen LogP contribution in [-0.2, 0) is 16.0 Å². The van der Waals surface area contributed by atoms with Gasteiger partial charge in [-0.2, -0.15) is 5.10 Å². The Labute approximate surface area is 172 Å². The first-order valence-corrected chi connectivity index (χ1v) is 10.2. The molecule has 6 nitrogen and oxygen atoms in total. The van der Waals surface area contributed by atoms with E-state index in [4.69, 9.17) is 4.74 Å². The number of amides is 1. The fraction of sp³-hybridized carbons (Fsp3) is 0.478. The molecule has 2 N–H and O–H groups in total. The largest absolute Gasteiger partial charge is 0.375 e. The summed E-state index contributed by atoms with van der Waals surface area (Å²) in [7, 11) is 1.54. The maximum Gasteiger partial charge on any atom is 0.252 e. The highest BCUT2D eigenvalue weighted by Crippen LogP contribution is 2.31. The van der Waals surface area contributed by atoms with Crippen LogP contribution in [0.1, 0.15) is 45.4 Å². The monoisotopic (exact) mass is 396 g/mol. The number of carbonyl (C=O) groups excluding carboxylic acids is 1. The molecule has 0 radical (unpaired) electrons. The van der Waals surface area contributed by atoms with Gasteiger partial charge in [-0.05, 0) is 50.3 Å². The molecule has 0 aliphatic rings. The van der Waals surface area contributed by atoms with Gasteiger partial charge in [0.2, 0.25) is 0 Å². The number of methoxy groups -OCH3 is 1. The van der Waals surface area contributed by atoms with Crippen LogP contribution in [0, 0.1) is 12.3 Å². The quantitative estimate of drug-likeness (QED) is 0.600. The third-order valence-corrected chi connectivity index (χ3v) is 5.26. The summed E-state index contributed by atoms with van der Waals surface area (Å²) in [4.78, 5) is 17.5. The topological polar surface area (TPSA) is 74.0 Å². The van der Waals surface area contributed by atoms with E-state index in [2.05, 4.69) is 48.9 Å². The van der Waals surface area contributed by atoms with Crippen LogP contribution in [0.4, 0.5) is 5.69 Å². The van der Waals surface area contributed by atoms with Crippen molar-refractivity contribution >= 4 is 22.5 Å². The van der Waals surface area contributed by atoms with Crippen LogP contribution in [0.3, 0.4) is 0 Å². The predicted octanol–water partition coefficient (Wildman–Crippen LogP) is 4.84. The molecule has 0 fully saturated rings. The van der Waals surface area contributed by atoms with Crippen LogP contribution >= 0.6 is 0 Å². The molecule has 0 bridgehead atoms. The first-order valence-electron chi connectivity index (χ1n) is 10.2. The maximum absolute atomic E-state index is 12.3. The smallest absolute Gasteiger partial charge is 0.252 e. The molecule has 0 unspecified atom stereocenters. The van der Waals surface area contributed by atoms with Crippen LogP contribution in [0.5, 0.6) is 0 Å². The van der Waals surface area contributed by atoms with Crippen molar-refractivity contribution in [2.45, 2.75) is 47.5 Å². The number of nitrogens with zero attached hydrogens (tertiary/aromatic N) is 2. The molecular formula is C23H32N4O2. The Kier molecular flexibility index (Phi) is 6.13. The minimum Gasteiger partial charge on any atom is -0.375 e. The highest BCUT2D eigenvalue weighted by Gasteiger charge is 2.19. The van der Waals surface area contributed by atoms with E-state index in [9.17, 15) is 4.79 Å². The third kappa shape index (κ3) is 4.70. The molecule has 0 saturated carbocycles. The number of H-pyrrole nitrogens is 2. The Hall–Kier alpha value is -2.60. The van der Waals surface area contributed by atoms with Crippen LogP contribution < -0.4 is 4.90 Å². The second-order valence-electron chi connectivity index (χ2n) is 8.76. The van der Waals surface area contributed by atoms with Crippen molar-refractivity contribution in [3.05, 3.63) is 35.5 Å². The van der Waals surface area contributed by atoms with Gasteiger partial charge in [0.15, 0.2) is 0 Å². The van der Waals surface area contributed by atoms with Gasteiger partial charge in [0, 0.05) is 41.5 Å². The van der Waals surface area contributed by atoms with Crippen molar-refractivity contribution in [3.8, 4) is 11.4 Å². The summed E-state index contributed by atoms with van der Waals surface area (Å²) < 4.78 is 5.01. The van der Waals surface area contributed by atoms with Crippen molar-refractivity contribution in [3.63, 3.8) is 0 Å². The maximum atomic E-state index is 12.3. The van der Waals surface area contributed by atoms with E-state index in [0.29, 0.717) is 6.54 Å². The number of carbonyl (C=O) groups is 1. The van der Waals surface area contributed by atoms with Gasteiger partial charge in [-0.1, -0.05) is 26.8 Å². The number of fused-ring (bicyclic) bond motifs is 1. The minimum absolute atomic E-state index is 0.0477. The molecule has 1 aromatic carbocycles. The van der Waals surface area contributed by atoms with Gasteiger partial charge < -0.3 is 14.6 Å². The van der Waals surface area contributed by atoms with E-state index >= 15 is 0 Å². The molecule has 6 heteroatoms. The van der Waals surface area contributed by atoms with Crippen LogP contribution in [0.25, 0.3) is 22.3 Å². The number of hydrogen-bond donors (Lipinski definition) is 2. The fourth-order valence-electron chi connectivity index (χ4n) is 3.60. The van der Waals surface area contributed by atoms with E-state index < -0.39 is 0 Å². The zero-order valence-electron chi connectivity index (χ0n) is 18.3. The summed E-state index contributed by atoms with van der Waals surface area (Å²) >= 11 is 0. The average Bonchev–Trinajstić information content (AvgIpc) is 3.23. The molecule has 0 atom stereocenters. The SMILES string of the molecule is CCN(C(=O)COC)c1ccc2cc(-c3n[nH]c(C)c3CCC(C)(C)C)[nH]c2c1. The summed E-state index contributed by atoms with van der Waals surface area (Å²) in [6, 6.07) is 8.17. The summed E-state index contributed by atoms with van der Waals surface area (Å²) in [5.74, 6) is -0.0477. The minimum atomic E-state index is -0.0477. The van der Waals surface area contributed by atoms with Gasteiger partial charge in [-0.3, -0.25) is 9.89 Å². The lowest BCUT2D eigenvalue weighted by Gasteiger charge is -2.20. The number of nitrogens with one attached hydrogen (secondary N) is 2. The van der Waals surface area contributed by atoms with Crippen molar-refractivity contribution in [1.29, 1.82) is 0 Å². The molecule has 156 valence electrons. The number of aryl methyl sites for hydroxylation is 1. The van der Waals surface area contributed by atoms with Crippen LogP contribution in [0.2, 0.25) is 0 Å². The molecule has 2 aromatic heterocycles. The normalized spacial score (nSPS) is 11.9. The lowest BCUT2D eigenvalue weighted by molar-refractivity contribution is -0.122. The highest BCUT2D eigenvalue weighted by atomic mass is 16.5. The number of aromatic amines is 2. The van der Waals surface area contributed by atoms with Gasteiger partial charge in [-0.15, -0.1) is 0 Å². The van der Waals surface area contributed by atoms with E-state index in [1.165, 1.54) is 12.7 Å². The Morgan fingerprint density at radius 1 is 1.24 bits per heavy atom. The zero-order chi connectivity index (χ0) is 21.2. The van der Waals surface area contributed by atoms with Gasteiger partial charge in [-0.25, -0.2) is 0 Å². The van der Waals surface area contributed by atoms with E-state index in [0.717, 1.165) is 46.5 Å². The third-order valence-electron chi connectivity index (χ3n) is 5.26. The second-order valence-corrected chi connectivity index (χ2v) is 8.76. The van der Waals surface area contributed by atoms with Crippen LogP contribution in [-0.4, -0.2) is 41.3 Å². The van der Waals surface area contributed by atoms with Gasteiger partial charge >= 0.3 is 0 Å². The molecule has 0 saturated heterocycles. The summed E-state index contributed by atoms with van der Waals surface area (Å²) in [5.41, 5.74) is 6.48. The van der Waals surface area contributed by atoms with E-state index in [1.807, 2.05) is 25.1 Å². The fourth-order valence-corrected chi connectivity index (χ4v) is 3.60. The molecule has 29 heavy (non-hydrogen) atoms. The molecule has 0 spiro atoms. The number of anilines is 1. The van der Waals surface area contributed by atoms with Crippen molar-refractivity contribution in [1.82, 2.24) is 15.2 Å². The molecule has 3 rings (SSSR count). The molecule has 1 amide bonds. The zero-order valence-corrected chi connectivity index (χ0v) is 18.3. The Bertz CT molecular complexity index is 994. The van der Waals surface area contributed by atoms with Crippen molar-refractivity contribution in [2.75, 3.05) is 25.2 Å². The van der Waals surface area contributed by atoms with Gasteiger partial charge in [0.1, 0.15) is 12.3 Å². The molecule has 0 aliphatic carbocycles. The number of hydrogen-bond acceptors (Lipinski definition) is 3. The molecular weight excluding hydrogens is 364 g/mol. The van der Waals surface area contributed by atoms with Crippen molar-refractivity contribution < 1.29 is 9.53 Å². The number of likely N-dealkylation sites (N-methyl/N-ethyl adjacent to an activating group) is 1. The van der Waals surface area contributed by atoms with E-state index in [1.54, 1.807) is 4.90 Å². The standard InChI is InChI=1S/C23H32N4O2/c1-7-27(21(28)14-29-6)17-9-8-16-12-20(24-19(16)13-17)22-18(15(2)25-26-22)10-11-23(3,4)5/h8-9,12-13,24H,7,10-11,14H2,1-6H3,(H,25,26). The Morgan fingerprint density at radius 2 is 2.00 bits per heavy atom. The Morgan fingerprint density at radius 3 is 2.66 bits per heavy atom. The summed E-state index contributed by atoms with van der Waals surface area (Å²) in [6.45, 7) is 11.5. The first-order chi connectivity index (χ1) is 13.7. The summed E-state index contributed by atoms with van der Waals surface area (Å²) in [6.07, 6.45) is 2.08. The second kappa shape index (κ2) is 8.41. The number of aromatic nitrogens is 3. The first kappa shape index (κ1) is 21.1. The summed E-state index contributed by atoms with van der Waals surface area (Å²) in [5, 5.41) is 8.82. The average molecular weight is 397 g/mol. The van der Waals surface area contributed by atoms with Gasteiger partial charge in [0.25, 0.3) is 5.91 Å². The van der Waals surface area contributed by atoms with Crippen molar-refractivity contribution in [2.24, 2.45) is 5.41 Å². The number of rotatable bonds is 7. The molecule has 0 aliphatic heterocycles. The number of benzene rings is 1. The number of ether oxygens (including phenoxy) is 1. The van der Waals surface area contributed by atoms with E-state index in [-0.39, 0.29) is 17.9 Å². The van der Waals surface area contributed by atoms with Gasteiger partial charge in [0.05, 0.1) is 5.69 Å². The lowest BCUT2D eigenvalue weighted by atomic mass is 9.88. The predicted molar refractivity (Wildman–Crippen MR) is 118 cm³/mol. The Balaban J connectivity index is 1.94. The molecule has 2 heterocycles. The lowest BCUT2D eigenvalue weighted by Crippen LogP contribution is -2.33. The molecule has 3 aromatic rings. The highest BCUT2D eigenvalue weighted by molar-refractivity contribution is 5.97. The van der Waals surface area contributed by atoms with Crippen LogP contribution in [0.15, 0.2) is 24.3 Å².